The highest BCUT2D eigenvalue weighted by atomic mass is 35.5. The van der Waals surface area contributed by atoms with Crippen molar-refractivity contribution in [1.29, 1.82) is 0 Å². The number of nitro groups is 1. The number of phenolic OH excluding ortho intramolecular Hbond substituents is 3. The molecule has 568 valence electrons. The number of halogens is 2. The van der Waals surface area contributed by atoms with Crippen LogP contribution in [0.5, 0.6) is 51.7 Å². The molecule has 6 N–H and O–H groups in total. The number of rotatable bonds is 34. The second-order valence-corrected chi connectivity index (χ2v) is 27.7. The number of unbranched alkanes of at least 4 members (excludes halogenated alkanes) is 11. The number of tetrazole rings is 1. The molecule has 1 saturated heterocycles. The lowest BCUT2D eigenvalue weighted by molar-refractivity contribution is -0.385. The summed E-state index contributed by atoms with van der Waals surface area (Å²) in [4.78, 5) is 57.3. The van der Waals surface area contributed by atoms with Crippen molar-refractivity contribution in [1.82, 2.24) is 25.6 Å². The van der Waals surface area contributed by atoms with Crippen molar-refractivity contribution in [2.75, 3.05) is 36.5 Å². The van der Waals surface area contributed by atoms with Crippen LogP contribution in [0, 0.1) is 30.9 Å². The number of nitro benzene ring substituents is 1. The summed E-state index contributed by atoms with van der Waals surface area (Å²) in [6, 6.07) is 43.7. The lowest BCUT2D eigenvalue weighted by Gasteiger charge is -2.20. The van der Waals surface area contributed by atoms with Crippen LogP contribution >= 0.6 is 35.0 Å². The molecule has 0 spiro atoms. The molecule has 25 nitrogen and oxygen atoms in total. The number of methoxy groups -OCH3 is 2. The minimum atomic E-state index is -1.21. The lowest BCUT2D eigenvalue weighted by Crippen LogP contribution is -2.36. The van der Waals surface area contributed by atoms with E-state index in [1.807, 2.05) is 26.0 Å². The zero-order valence-corrected chi connectivity index (χ0v) is 63.8. The molecule has 2 unspecified atom stereocenters. The molecule has 109 heavy (non-hydrogen) atoms. The number of hydrogen-bond acceptors (Lipinski definition) is 20. The van der Waals surface area contributed by atoms with Gasteiger partial charge in [0.25, 0.3) is 17.7 Å². The van der Waals surface area contributed by atoms with E-state index in [0.29, 0.717) is 96.7 Å². The first-order valence-electron chi connectivity index (χ1n) is 35.7. The number of nitrogens with zero attached hydrogens (tertiary/aromatic N) is 9. The van der Waals surface area contributed by atoms with Crippen LogP contribution in [-0.2, 0) is 21.9 Å². The molecule has 2 atom stereocenters. The van der Waals surface area contributed by atoms with Crippen molar-refractivity contribution in [3.05, 3.63) is 217 Å². The predicted octanol–water partition coefficient (Wildman–Crippen LogP) is 19.4. The van der Waals surface area contributed by atoms with E-state index >= 15 is 0 Å². The fraction of sp³-hybridized carbons (Fsp3) is 0.296. The number of anilines is 3. The number of aliphatic imine (C=N–C) groups is 1. The normalized spacial score (nSPS) is 13.2. The second kappa shape index (κ2) is 38.9. The van der Waals surface area contributed by atoms with Crippen molar-refractivity contribution in [3.8, 4) is 51.7 Å². The van der Waals surface area contributed by atoms with Crippen molar-refractivity contribution >= 4 is 103 Å². The van der Waals surface area contributed by atoms with E-state index in [2.05, 4.69) is 53.7 Å². The third-order valence-electron chi connectivity index (χ3n) is 17.7. The number of benzene rings is 9. The summed E-state index contributed by atoms with van der Waals surface area (Å²) in [6.45, 7) is 10.2. The second-order valence-electron chi connectivity index (χ2n) is 26.0. The van der Waals surface area contributed by atoms with Crippen LogP contribution in [-0.4, -0.2) is 97.0 Å². The van der Waals surface area contributed by atoms with Crippen LogP contribution in [0.2, 0.25) is 10.0 Å². The van der Waals surface area contributed by atoms with Gasteiger partial charge in [0.15, 0.2) is 23.4 Å². The molecule has 1 aliphatic rings. The average Bonchev–Trinajstić information content (AvgIpc) is 1.77. The summed E-state index contributed by atoms with van der Waals surface area (Å²) in [7, 11) is 3.03. The number of aromatic hydroxyl groups is 3. The van der Waals surface area contributed by atoms with Gasteiger partial charge in [-0.15, -0.1) is 5.10 Å². The largest absolute Gasteiger partial charge is 0.508 e. The molecule has 0 bridgehead atoms. The number of aromatic nitrogens is 4. The standard InChI is InChI=1S/C46H52N6O7S.C35H34Cl2N6O6/c1-2-3-4-5-6-7-8-9-10-11-12-17-28-58-41-21-16-15-20-39(41)47-45(55)38-30-43(36-18-13-14-19-37(36)44(38)54)59-42-27-24-34(29-40(42)52(56)57)32-60-46-48-49-50-51(46)31-33-22-25-35(53)26-23-33;1-18-13-20(3)32(26(37)14-18)43-35(46)31(41-40-23-8-12-29(47-5)30(17-23)48-6)33(42-43)39-27-16-22(7-10-25(27)36)38-34(45)21(4)49-24-9-11-28(44)19(2)15-24/h13-16,18-27,29-30,53-54H,2-12,17,28,31-32H2,1H3,(H,47,55);7-17,21,31,44H,1-6H3,(H,38,45)(H,39,42). The summed E-state index contributed by atoms with van der Waals surface area (Å²) >= 11 is 14.5. The molecule has 1 aromatic heterocycles. The van der Waals surface area contributed by atoms with Crippen LogP contribution in [0.25, 0.3) is 10.8 Å². The predicted molar refractivity (Wildman–Crippen MR) is 424 cm³/mol. The van der Waals surface area contributed by atoms with E-state index < -0.39 is 34.8 Å². The van der Waals surface area contributed by atoms with Crippen molar-refractivity contribution in [2.24, 2.45) is 15.2 Å². The van der Waals surface area contributed by atoms with E-state index in [1.54, 1.807) is 146 Å². The molecular formula is C81H86Cl2N12O13S. The van der Waals surface area contributed by atoms with E-state index in [-0.39, 0.29) is 56.5 Å². The Balaban J connectivity index is 0.000000237. The number of hydrazine groups is 1. The topological polar surface area (TPSA) is 321 Å². The van der Waals surface area contributed by atoms with Gasteiger partial charge >= 0.3 is 5.69 Å². The highest BCUT2D eigenvalue weighted by Gasteiger charge is 2.41. The van der Waals surface area contributed by atoms with E-state index in [4.69, 9.17) is 46.9 Å². The molecule has 0 saturated carbocycles. The Morgan fingerprint density at radius 2 is 1.39 bits per heavy atom. The zero-order valence-electron chi connectivity index (χ0n) is 61.5. The molecule has 0 radical (unpaired) electrons. The van der Waals surface area contributed by atoms with Gasteiger partial charge in [-0.3, -0.25) is 29.9 Å². The summed E-state index contributed by atoms with van der Waals surface area (Å²) < 4.78 is 30.4. The minimum Gasteiger partial charge on any atom is -0.508 e. The van der Waals surface area contributed by atoms with Gasteiger partial charge in [-0.05, 0) is 163 Å². The summed E-state index contributed by atoms with van der Waals surface area (Å²) in [5.41, 5.74) is 8.46. The Morgan fingerprint density at radius 1 is 0.706 bits per heavy atom. The van der Waals surface area contributed by atoms with E-state index in [9.17, 15) is 39.8 Å². The van der Waals surface area contributed by atoms with Crippen molar-refractivity contribution < 1.29 is 58.3 Å². The van der Waals surface area contributed by atoms with Gasteiger partial charge in [-0.25, -0.2) is 14.7 Å². The molecule has 1 aliphatic heterocycles. The first-order chi connectivity index (χ1) is 52.7. The van der Waals surface area contributed by atoms with E-state index in [1.165, 1.54) is 119 Å². The van der Waals surface area contributed by atoms with Crippen LogP contribution < -0.4 is 44.8 Å². The quantitative estimate of drug-likeness (QED) is 0.00717. The monoisotopic (exact) mass is 1540 g/mol. The molecule has 0 aliphatic carbocycles. The highest BCUT2D eigenvalue weighted by Crippen LogP contribution is 2.43. The molecule has 11 rings (SSSR count). The SMILES string of the molecule is CCCCCCCCCCCCCCOc1ccccc1NC(=O)c1cc(Oc2ccc(CSc3nnnn3Cc3ccc(O)cc3)cc2[N+](=O)[O-])c2ccccc2c1O.COc1ccc(N=NC2C(=O)N(c3c(C)cc(C)cc3Cl)NC2=Nc2cc(NC(=O)C(C)Oc3ccc(O)c(C)c3)ccc2Cl)cc1OC. The fourth-order valence-electron chi connectivity index (χ4n) is 12.0. The maximum atomic E-state index is 13.9. The molecule has 28 heteroatoms. The Labute approximate surface area is 645 Å². The number of azo groups is 1. The zero-order chi connectivity index (χ0) is 77.5. The molecular weight excluding hydrogens is 1450 g/mol. The third-order valence-corrected chi connectivity index (χ3v) is 19.3. The average molecular weight is 1540 g/mol. The number of nitrogens with one attached hydrogen (secondary N) is 3. The molecule has 1 fully saturated rings. The number of thioether (sulfide) groups is 1. The maximum absolute atomic E-state index is 13.9. The summed E-state index contributed by atoms with van der Waals surface area (Å²) in [5, 5.41) is 72.6. The Kier molecular flexibility index (Phi) is 28.6. The number of carbonyl (C=O) groups excluding carboxylic acids is 3. The van der Waals surface area contributed by atoms with Crippen molar-refractivity contribution in [3.63, 3.8) is 0 Å². The Bertz CT molecular complexity index is 4910. The van der Waals surface area contributed by atoms with Gasteiger partial charge in [0, 0.05) is 34.3 Å². The number of ether oxygens (including phenoxy) is 5. The minimum absolute atomic E-state index is 0.0373. The van der Waals surface area contributed by atoms with Crippen LogP contribution in [0.15, 0.2) is 184 Å². The molecule has 3 amide bonds. The Hall–Kier alpha value is -11.5. The number of hydrogen-bond donors (Lipinski definition) is 6. The molecule has 2 heterocycles. The highest BCUT2D eigenvalue weighted by molar-refractivity contribution is 7.98. The number of fused-ring (bicyclic) bond motifs is 1. The third kappa shape index (κ3) is 21.7. The van der Waals surface area contributed by atoms with Crippen LogP contribution in [0.4, 0.5) is 34.1 Å². The van der Waals surface area contributed by atoms with Gasteiger partial charge in [0.05, 0.1) is 70.7 Å². The Morgan fingerprint density at radius 3 is 2.10 bits per heavy atom. The first kappa shape index (κ1) is 80.1. The van der Waals surface area contributed by atoms with Crippen LogP contribution in [0.3, 0.4) is 0 Å². The van der Waals surface area contributed by atoms with E-state index in [0.717, 1.165) is 29.5 Å². The van der Waals surface area contributed by atoms with Gasteiger partial charge < -0.3 is 49.6 Å². The maximum Gasteiger partial charge on any atom is 0.311 e. The first-order valence-corrected chi connectivity index (χ1v) is 37.5. The van der Waals surface area contributed by atoms with Crippen LogP contribution in [0.1, 0.15) is 129 Å². The number of aryl methyl sites for hydroxylation is 3. The summed E-state index contributed by atoms with van der Waals surface area (Å²) in [5.74, 6) is 0.997. The van der Waals surface area contributed by atoms with Gasteiger partial charge in [-0.2, -0.15) is 10.2 Å². The lowest BCUT2D eigenvalue weighted by atomic mass is 10.0. The number of amides is 3. The van der Waals surface area contributed by atoms with Gasteiger partial charge in [0.1, 0.15) is 34.5 Å². The van der Waals surface area contributed by atoms with Crippen molar-refractivity contribution in [2.45, 2.75) is 141 Å². The number of amidine groups is 1. The smallest absolute Gasteiger partial charge is 0.311 e. The number of para-hydroxylation sites is 2. The molecule has 9 aromatic carbocycles. The van der Waals surface area contributed by atoms with Gasteiger partial charge in [0.2, 0.25) is 16.9 Å². The van der Waals surface area contributed by atoms with Gasteiger partial charge in [-0.1, -0.05) is 173 Å². The fourth-order valence-corrected chi connectivity index (χ4v) is 13.3. The number of carbonyl (C=O) groups is 3. The summed E-state index contributed by atoms with van der Waals surface area (Å²) in [6.07, 6.45) is 14.1. The molecule has 10 aromatic rings. The number of phenols is 3.